The summed E-state index contributed by atoms with van der Waals surface area (Å²) in [5.41, 5.74) is 2.22. The van der Waals surface area contributed by atoms with E-state index < -0.39 is 0 Å². The van der Waals surface area contributed by atoms with Crippen molar-refractivity contribution in [2.24, 2.45) is 0 Å². The van der Waals surface area contributed by atoms with Crippen LogP contribution >= 0.6 is 43.5 Å². The lowest BCUT2D eigenvalue weighted by molar-refractivity contribution is 0.623. The average Bonchev–Trinajstić information content (AvgIpc) is 2.72. The Morgan fingerprint density at radius 1 is 1.11 bits per heavy atom. The van der Waals surface area contributed by atoms with Crippen molar-refractivity contribution in [3.8, 4) is 11.4 Å². The number of imidazole rings is 1. The molecule has 0 aliphatic carbocycles. The van der Waals surface area contributed by atoms with E-state index in [-0.39, 0.29) is 5.82 Å². The van der Waals surface area contributed by atoms with E-state index in [0.29, 0.717) is 26.4 Å². The Labute approximate surface area is 130 Å². The highest BCUT2D eigenvalue weighted by Crippen LogP contribution is 2.31. The Hall–Kier alpha value is -0.910. The molecule has 0 aliphatic rings. The molecule has 2 nitrogen and oxygen atoms in total. The fourth-order valence-electron chi connectivity index (χ4n) is 1.81. The van der Waals surface area contributed by atoms with Gasteiger partial charge in [-0.05, 0) is 56.1 Å². The molecule has 0 unspecified atom stereocenters. The van der Waals surface area contributed by atoms with E-state index in [4.69, 9.17) is 11.6 Å². The number of benzene rings is 2. The highest BCUT2D eigenvalue weighted by molar-refractivity contribution is 9.10. The lowest BCUT2D eigenvalue weighted by Gasteiger charge is -2.00. The number of aromatic amines is 1. The second-order valence-electron chi connectivity index (χ2n) is 3.99. The van der Waals surface area contributed by atoms with Gasteiger partial charge in [0, 0.05) is 21.1 Å². The van der Waals surface area contributed by atoms with Crippen LogP contribution in [0.4, 0.5) is 4.39 Å². The van der Waals surface area contributed by atoms with Gasteiger partial charge >= 0.3 is 0 Å². The zero-order chi connectivity index (χ0) is 13.6. The summed E-state index contributed by atoms with van der Waals surface area (Å²) < 4.78 is 14.7. The highest BCUT2D eigenvalue weighted by Gasteiger charge is 2.11. The smallest absolute Gasteiger partial charge is 0.139 e. The number of halogens is 4. The lowest BCUT2D eigenvalue weighted by Crippen LogP contribution is -1.82. The molecule has 0 radical (unpaired) electrons. The maximum atomic E-state index is 13.5. The molecule has 1 N–H and O–H groups in total. The van der Waals surface area contributed by atoms with Crippen LogP contribution in [-0.2, 0) is 0 Å². The second-order valence-corrected chi connectivity index (χ2v) is 6.14. The van der Waals surface area contributed by atoms with Crippen LogP contribution < -0.4 is 0 Å². The van der Waals surface area contributed by atoms with Crippen LogP contribution in [0.2, 0.25) is 5.02 Å². The number of nitrogens with zero attached hydrogens (tertiary/aromatic N) is 1. The average molecular weight is 404 g/mol. The van der Waals surface area contributed by atoms with Gasteiger partial charge in [-0.1, -0.05) is 11.6 Å². The fraction of sp³-hybridized carbons (Fsp3) is 0. The number of H-pyrrole nitrogens is 1. The molecule has 1 heterocycles. The van der Waals surface area contributed by atoms with Crippen molar-refractivity contribution in [2.75, 3.05) is 0 Å². The Morgan fingerprint density at radius 2 is 1.89 bits per heavy atom. The summed E-state index contributed by atoms with van der Waals surface area (Å²) in [6.07, 6.45) is 0. The minimum absolute atomic E-state index is 0.321. The van der Waals surface area contributed by atoms with Crippen molar-refractivity contribution in [3.63, 3.8) is 0 Å². The van der Waals surface area contributed by atoms with E-state index in [1.807, 2.05) is 6.07 Å². The Kier molecular flexibility index (Phi) is 3.37. The van der Waals surface area contributed by atoms with Gasteiger partial charge in [0.05, 0.1) is 15.5 Å². The SMILES string of the molecule is Fc1cc2[nH]c(-c3ccc(Cl)cc3Br)nc2cc1Br. The minimum Gasteiger partial charge on any atom is -0.338 e. The third-order valence-corrected chi connectivity index (χ3v) is 4.21. The normalized spacial score (nSPS) is 11.2. The van der Waals surface area contributed by atoms with Crippen molar-refractivity contribution in [2.45, 2.75) is 0 Å². The molecule has 0 amide bonds. The summed E-state index contributed by atoms with van der Waals surface area (Å²) in [6.45, 7) is 0. The lowest BCUT2D eigenvalue weighted by atomic mass is 10.2. The summed E-state index contributed by atoms with van der Waals surface area (Å²) in [5.74, 6) is 0.342. The third kappa shape index (κ3) is 2.42. The molecule has 0 saturated carbocycles. The number of hydrogen-bond acceptors (Lipinski definition) is 1. The van der Waals surface area contributed by atoms with Crippen LogP contribution in [0.3, 0.4) is 0 Å². The largest absolute Gasteiger partial charge is 0.338 e. The first-order valence-corrected chi connectivity index (χ1v) is 7.31. The van der Waals surface area contributed by atoms with Gasteiger partial charge in [0.15, 0.2) is 0 Å². The standard InChI is InChI=1S/C13H6Br2ClFN2/c14-8-3-6(16)1-2-7(8)13-18-11-4-9(15)10(17)5-12(11)19-13/h1-5H,(H,18,19). The van der Waals surface area contributed by atoms with Crippen LogP contribution in [0, 0.1) is 5.82 Å². The van der Waals surface area contributed by atoms with Gasteiger partial charge in [-0.15, -0.1) is 0 Å². The van der Waals surface area contributed by atoms with Gasteiger partial charge in [-0.2, -0.15) is 0 Å². The minimum atomic E-state index is -0.321. The second kappa shape index (κ2) is 4.89. The molecule has 3 rings (SSSR count). The molecule has 0 fully saturated rings. The van der Waals surface area contributed by atoms with Gasteiger partial charge in [0.2, 0.25) is 0 Å². The molecule has 2 aromatic carbocycles. The molecule has 0 spiro atoms. The van der Waals surface area contributed by atoms with Gasteiger partial charge in [-0.3, -0.25) is 0 Å². The van der Waals surface area contributed by atoms with Crippen LogP contribution in [0.15, 0.2) is 39.3 Å². The quantitative estimate of drug-likeness (QED) is 0.566. The Balaban J connectivity index is 2.20. The van der Waals surface area contributed by atoms with Crippen molar-refractivity contribution in [1.29, 1.82) is 0 Å². The van der Waals surface area contributed by atoms with E-state index in [0.717, 1.165) is 10.0 Å². The molecule has 0 aliphatic heterocycles. The van der Waals surface area contributed by atoms with Crippen LogP contribution in [0.5, 0.6) is 0 Å². The van der Waals surface area contributed by atoms with E-state index >= 15 is 0 Å². The summed E-state index contributed by atoms with van der Waals surface area (Å²) in [6, 6.07) is 8.50. The van der Waals surface area contributed by atoms with Gasteiger partial charge in [0.1, 0.15) is 11.6 Å². The number of rotatable bonds is 1. The zero-order valence-electron chi connectivity index (χ0n) is 9.35. The highest BCUT2D eigenvalue weighted by atomic mass is 79.9. The summed E-state index contributed by atoms with van der Waals surface area (Å²) in [5, 5.41) is 0.639. The van der Waals surface area contributed by atoms with Crippen LogP contribution in [-0.4, -0.2) is 9.97 Å². The van der Waals surface area contributed by atoms with Crippen LogP contribution in [0.25, 0.3) is 22.4 Å². The van der Waals surface area contributed by atoms with E-state index in [1.54, 1.807) is 18.2 Å². The van der Waals surface area contributed by atoms with Crippen molar-refractivity contribution in [1.82, 2.24) is 9.97 Å². The number of aromatic nitrogens is 2. The molecule has 3 aromatic rings. The third-order valence-electron chi connectivity index (χ3n) is 2.71. The topological polar surface area (TPSA) is 28.7 Å². The summed E-state index contributed by atoms with van der Waals surface area (Å²) >= 11 is 12.5. The zero-order valence-corrected chi connectivity index (χ0v) is 13.3. The molecular weight excluding hydrogens is 398 g/mol. The molecule has 0 bridgehead atoms. The Bertz CT molecular complexity index is 747. The number of nitrogens with one attached hydrogen (secondary N) is 1. The Morgan fingerprint density at radius 3 is 2.63 bits per heavy atom. The number of fused-ring (bicyclic) bond motifs is 1. The first-order valence-electron chi connectivity index (χ1n) is 5.35. The molecule has 0 atom stereocenters. The van der Waals surface area contributed by atoms with Gasteiger partial charge < -0.3 is 4.98 Å². The van der Waals surface area contributed by atoms with Gasteiger partial charge in [0.25, 0.3) is 0 Å². The first kappa shape index (κ1) is 13.1. The molecule has 0 saturated heterocycles. The molecule has 19 heavy (non-hydrogen) atoms. The van der Waals surface area contributed by atoms with Crippen molar-refractivity contribution >= 4 is 54.5 Å². The number of hydrogen-bond donors (Lipinski definition) is 1. The fourth-order valence-corrected chi connectivity index (χ4v) is 3.02. The van der Waals surface area contributed by atoms with Crippen molar-refractivity contribution < 1.29 is 4.39 Å². The molecule has 6 heteroatoms. The maximum absolute atomic E-state index is 13.5. The molecule has 96 valence electrons. The summed E-state index contributed by atoms with van der Waals surface area (Å²) in [7, 11) is 0. The predicted octanol–water partition coefficient (Wildman–Crippen LogP) is 5.55. The van der Waals surface area contributed by atoms with E-state index in [1.165, 1.54) is 6.07 Å². The predicted molar refractivity (Wildman–Crippen MR) is 81.9 cm³/mol. The monoisotopic (exact) mass is 402 g/mol. The van der Waals surface area contributed by atoms with E-state index in [9.17, 15) is 4.39 Å². The van der Waals surface area contributed by atoms with E-state index in [2.05, 4.69) is 41.8 Å². The van der Waals surface area contributed by atoms with Gasteiger partial charge in [-0.25, -0.2) is 9.37 Å². The van der Waals surface area contributed by atoms with Crippen molar-refractivity contribution in [3.05, 3.63) is 50.1 Å². The first-order chi connectivity index (χ1) is 9.04. The molecule has 1 aromatic heterocycles. The van der Waals surface area contributed by atoms with Crippen LogP contribution in [0.1, 0.15) is 0 Å². The maximum Gasteiger partial charge on any atom is 0.139 e. The molecular formula is C13H6Br2ClFN2. The summed E-state index contributed by atoms with van der Waals surface area (Å²) in [4.78, 5) is 7.55.